The van der Waals surface area contributed by atoms with Gasteiger partial charge in [0.05, 0.1) is 13.1 Å². The zero-order valence-electron chi connectivity index (χ0n) is 14.7. The Morgan fingerprint density at radius 2 is 2.12 bits per heavy atom. The van der Waals surface area contributed by atoms with Gasteiger partial charge in [-0.15, -0.1) is 0 Å². The summed E-state index contributed by atoms with van der Waals surface area (Å²) in [6.07, 6.45) is 5.38. The first-order valence-corrected chi connectivity index (χ1v) is 9.02. The van der Waals surface area contributed by atoms with Crippen LogP contribution in [-0.4, -0.2) is 28.2 Å². The molecule has 2 aromatic rings. The molecule has 0 amide bonds. The van der Waals surface area contributed by atoms with Gasteiger partial charge in [0.25, 0.3) is 0 Å². The van der Waals surface area contributed by atoms with Gasteiger partial charge >= 0.3 is 0 Å². The Labute approximate surface area is 143 Å². The molecular weight excluding hydrogens is 306 g/mol. The number of nitrogens with zero attached hydrogens (tertiary/aromatic N) is 3. The van der Waals surface area contributed by atoms with E-state index in [0.29, 0.717) is 6.54 Å². The largest absolute Gasteiger partial charge is 0.462 e. The van der Waals surface area contributed by atoms with E-state index in [4.69, 9.17) is 13.7 Å². The third kappa shape index (κ3) is 4.45. The summed E-state index contributed by atoms with van der Waals surface area (Å²) in [6.45, 7) is 7.36. The van der Waals surface area contributed by atoms with Gasteiger partial charge in [0.2, 0.25) is 5.89 Å². The zero-order chi connectivity index (χ0) is 16.8. The minimum absolute atomic E-state index is 0.122. The van der Waals surface area contributed by atoms with Crippen LogP contribution in [-0.2, 0) is 24.2 Å². The third-order valence-electron chi connectivity index (χ3n) is 4.35. The van der Waals surface area contributed by atoms with Gasteiger partial charge in [-0.1, -0.05) is 19.0 Å². The Morgan fingerprint density at radius 3 is 2.88 bits per heavy atom. The van der Waals surface area contributed by atoms with Crippen molar-refractivity contribution >= 4 is 0 Å². The number of rotatable bonds is 8. The summed E-state index contributed by atoms with van der Waals surface area (Å²) in [5.41, 5.74) is 0. The third-order valence-corrected chi connectivity index (χ3v) is 4.35. The number of hydrogen-bond donors (Lipinski definition) is 0. The summed E-state index contributed by atoms with van der Waals surface area (Å²) >= 11 is 0. The molecule has 1 unspecified atom stereocenters. The Kier molecular flexibility index (Phi) is 6.04. The van der Waals surface area contributed by atoms with Gasteiger partial charge in [0, 0.05) is 13.0 Å². The average Bonchev–Trinajstić information content (AvgIpc) is 3.25. The number of aryl methyl sites for hydroxylation is 1. The van der Waals surface area contributed by atoms with E-state index in [1.54, 1.807) is 0 Å². The van der Waals surface area contributed by atoms with Crippen LogP contribution in [0.25, 0.3) is 0 Å². The molecule has 132 valence electrons. The molecule has 0 spiro atoms. The molecule has 1 fully saturated rings. The summed E-state index contributed by atoms with van der Waals surface area (Å²) in [4.78, 5) is 6.68. The van der Waals surface area contributed by atoms with Gasteiger partial charge in [-0.3, -0.25) is 4.90 Å². The highest BCUT2D eigenvalue weighted by molar-refractivity contribution is 5.10. The molecule has 1 saturated heterocycles. The predicted octanol–water partition coefficient (Wildman–Crippen LogP) is 3.88. The van der Waals surface area contributed by atoms with Gasteiger partial charge < -0.3 is 13.7 Å². The van der Waals surface area contributed by atoms with Crippen LogP contribution in [0, 0.1) is 0 Å². The molecule has 1 atom stereocenters. The zero-order valence-corrected chi connectivity index (χ0v) is 14.7. The van der Waals surface area contributed by atoms with Crippen molar-refractivity contribution in [3.63, 3.8) is 0 Å². The quantitative estimate of drug-likeness (QED) is 0.730. The Hall–Kier alpha value is -1.66. The maximum atomic E-state index is 6.01. The Balaban J connectivity index is 1.57. The van der Waals surface area contributed by atoms with E-state index in [-0.39, 0.29) is 6.10 Å². The van der Waals surface area contributed by atoms with E-state index in [9.17, 15) is 0 Å². The Morgan fingerprint density at radius 1 is 1.21 bits per heavy atom. The molecule has 0 N–H and O–H groups in total. The monoisotopic (exact) mass is 333 g/mol. The van der Waals surface area contributed by atoms with E-state index >= 15 is 0 Å². The maximum absolute atomic E-state index is 6.01. The molecule has 6 heteroatoms. The SMILES string of the molecule is CCCc1nc(CN(CC)Cc2ccc(C3CCCCO3)o2)no1. The van der Waals surface area contributed by atoms with Crippen molar-refractivity contribution < 1.29 is 13.7 Å². The average molecular weight is 333 g/mol. The molecule has 0 saturated carbocycles. The fourth-order valence-corrected chi connectivity index (χ4v) is 2.99. The summed E-state index contributed by atoms with van der Waals surface area (Å²) in [5, 5.41) is 4.06. The highest BCUT2D eigenvalue weighted by Gasteiger charge is 2.20. The maximum Gasteiger partial charge on any atom is 0.226 e. The second-order valence-corrected chi connectivity index (χ2v) is 6.32. The van der Waals surface area contributed by atoms with Crippen molar-refractivity contribution in [2.75, 3.05) is 13.2 Å². The molecule has 0 bridgehead atoms. The molecule has 0 aromatic carbocycles. The smallest absolute Gasteiger partial charge is 0.226 e. The molecular formula is C18H27N3O3. The first kappa shape index (κ1) is 17.2. The van der Waals surface area contributed by atoms with E-state index in [1.165, 1.54) is 6.42 Å². The molecule has 0 aliphatic carbocycles. The van der Waals surface area contributed by atoms with Crippen LogP contribution in [0.2, 0.25) is 0 Å². The van der Waals surface area contributed by atoms with E-state index in [1.807, 2.05) is 6.07 Å². The molecule has 3 heterocycles. The molecule has 0 radical (unpaired) electrons. The normalized spacial score (nSPS) is 18.4. The minimum atomic E-state index is 0.122. The number of ether oxygens (including phenoxy) is 1. The molecule has 1 aliphatic heterocycles. The first-order valence-electron chi connectivity index (χ1n) is 9.02. The highest BCUT2D eigenvalue weighted by Crippen LogP contribution is 2.29. The number of aromatic nitrogens is 2. The van der Waals surface area contributed by atoms with E-state index in [2.05, 4.69) is 35.0 Å². The van der Waals surface area contributed by atoms with E-state index < -0.39 is 0 Å². The van der Waals surface area contributed by atoms with Crippen LogP contribution in [0.15, 0.2) is 21.1 Å². The van der Waals surface area contributed by atoms with Crippen molar-refractivity contribution in [1.82, 2.24) is 15.0 Å². The molecule has 3 rings (SSSR count). The van der Waals surface area contributed by atoms with Crippen molar-refractivity contribution in [2.24, 2.45) is 0 Å². The lowest BCUT2D eigenvalue weighted by atomic mass is 10.1. The first-order chi connectivity index (χ1) is 11.8. The van der Waals surface area contributed by atoms with Gasteiger partial charge in [-0.25, -0.2) is 0 Å². The fourth-order valence-electron chi connectivity index (χ4n) is 2.99. The molecule has 1 aliphatic rings. The van der Waals surface area contributed by atoms with Crippen LogP contribution in [0.3, 0.4) is 0 Å². The molecule has 2 aromatic heterocycles. The number of furan rings is 1. The lowest BCUT2D eigenvalue weighted by Crippen LogP contribution is -2.22. The van der Waals surface area contributed by atoms with Crippen LogP contribution < -0.4 is 0 Å². The van der Waals surface area contributed by atoms with Crippen molar-refractivity contribution in [1.29, 1.82) is 0 Å². The Bertz CT molecular complexity index is 617. The summed E-state index contributed by atoms with van der Waals surface area (Å²) in [6, 6.07) is 4.10. The molecule has 24 heavy (non-hydrogen) atoms. The van der Waals surface area contributed by atoms with Crippen molar-refractivity contribution in [3.05, 3.63) is 35.4 Å². The second kappa shape index (κ2) is 8.44. The van der Waals surface area contributed by atoms with Gasteiger partial charge in [-0.2, -0.15) is 4.98 Å². The van der Waals surface area contributed by atoms with Crippen LogP contribution >= 0.6 is 0 Å². The minimum Gasteiger partial charge on any atom is -0.462 e. The lowest BCUT2D eigenvalue weighted by Gasteiger charge is -2.20. The van der Waals surface area contributed by atoms with E-state index in [0.717, 1.165) is 68.6 Å². The highest BCUT2D eigenvalue weighted by atomic mass is 16.5. The van der Waals surface area contributed by atoms with Gasteiger partial charge in [0.15, 0.2) is 5.82 Å². The fraction of sp³-hybridized carbons (Fsp3) is 0.667. The van der Waals surface area contributed by atoms with Crippen LogP contribution in [0.1, 0.15) is 68.9 Å². The van der Waals surface area contributed by atoms with Crippen molar-refractivity contribution in [2.45, 2.75) is 65.1 Å². The summed E-state index contributed by atoms with van der Waals surface area (Å²) < 4.78 is 17.1. The standard InChI is InChI=1S/C18H27N3O3/c1-3-7-18-19-17(20-24-18)13-21(4-2)12-14-9-10-16(23-14)15-8-5-6-11-22-15/h9-10,15H,3-8,11-13H2,1-2H3. The lowest BCUT2D eigenvalue weighted by molar-refractivity contribution is 0.000828. The second-order valence-electron chi connectivity index (χ2n) is 6.32. The van der Waals surface area contributed by atoms with Crippen molar-refractivity contribution in [3.8, 4) is 0 Å². The summed E-state index contributed by atoms with van der Waals surface area (Å²) in [7, 11) is 0. The van der Waals surface area contributed by atoms with Gasteiger partial charge in [-0.05, 0) is 44.4 Å². The molecule has 6 nitrogen and oxygen atoms in total. The summed E-state index contributed by atoms with van der Waals surface area (Å²) in [5.74, 6) is 3.37. The van der Waals surface area contributed by atoms with Crippen LogP contribution in [0.5, 0.6) is 0 Å². The van der Waals surface area contributed by atoms with Crippen LogP contribution in [0.4, 0.5) is 0 Å². The van der Waals surface area contributed by atoms with Gasteiger partial charge in [0.1, 0.15) is 17.6 Å². The number of hydrogen-bond acceptors (Lipinski definition) is 6. The predicted molar refractivity (Wildman–Crippen MR) is 89.3 cm³/mol. The topological polar surface area (TPSA) is 64.5 Å².